The quantitative estimate of drug-likeness (QED) is 0.805. The first-order valence-corrected chi connectivity index (χ1v) is 7.20. The van der Waals surface area contributed by atoms with Crippen LogP contribution in [0.5, 0.6) is 0 Å². The minimum atomic E-state index is -0.0319. The van der Waals surface area contributed by atoms with E-state index in [1.54, 1.807) is 0 Å². The van der Waals surface area contributed by atoms with Crippen LogP contribution in [0.3, 0.4) is 0 Å². The number of rotatable bonds is 7. The van der Waals surface area contributed by atoms with Gasteiger partial charge in [0.1, 0.15) is 6.10 Å². The van der Waals surface area contributed by atoms with Gasteiger partial charge < -0.3 is 14.6 Å². The van der Waals surface area contributed by atoms with Crippen LogP contribution in [0.25, 0.3) is 0 Å². The van der Waals surface area contributed by atoms with Gasteiger partial charge in [-0.2, -0.15) is 4.98 Å². The Morgan fingerprint density at radius 3 is 2.84 bits per heavy atom. The minimum Gasteiger partial charge on any atom is -0.370 e. The number of aromatic nitrogens is 2. The second kappa shape index (κ2) is 7.57. The fraction of sp³-hybridized carbons (Fsp3) is 0.846. The number of ether oxygens (including phenoxy) is 1. The van der Waals surface area contributed by atoms with Crippen molar-refractivity contribution in [2.24, 2.45) is 0 Å². The van der Waals surface area contributed by atoms with Crippen LogP contribution < -0.4 is 5.32 Å². The number of hydrogen-bond acceptors (Lipinski definition) is 6. The molecule has 1 aromatic heterocycles. The van der Waals surface area contributed by atoms with Crippen molar-refractivity contribution in [1.29, 1.82) is 0 Å². The molecule has 1 fully saturated rings. The molecular weight excluding hydrogens is 244 g/mol. The maximum atomic E-state index is 5.66. The largest absolute Gasteiger partial charge is 0.370 e. The van der Waals surface area contributed by atoms with Crippen molar-refractivity contribution in [1.82, 2.24) is 20.4 Å². The molecule has 2 rings (SSSR count). The third-order valence-electron chi connectivity index (χ3n) is 3.26. The summed E-state index contributed by atoms with van der Waals surface area (Å²) in [5.74, 6) is 1.38. The molecule has 6 heteroatoms. The SMILES string of the molecule is CCCC(OCC)c1noc(CN2CCNCC2)n1. The van der Waals surface area contributed by atoms with Crippen LogP contribution in [0.2, 0.25) is 0 Å². The average Bonchev–Trinajstić information content (AvgIpc) is 2.88. The first-order chi connectivity index (χ1) is 9.33. The lowest BCUT2D eigenvalue weighted by Crippen LogP contribution is -2.42. The van der Waals surface area contributed by atoms with E-state index in [0.29, 0.717) is 18.3 Å². The van der Waals surface area contributed by atoms with E-state index < -0.39 is 0 Å². The predicted octanol–water partition coefficient (Wildman–Crippen LogP) is 1.35. The van der Waals surface area contributed by atoms with Crippen molar-refractivity contribution in [2.45, 2.75) is 39.3 Å². The first kappa shape index (κ1) is 14.4. The molecule has 2 heterocycles. The Labute approximate surface area is 114 Å². The lowest BCUT2D eigenvalue weighted by Gasteiger charge is -2.25. The van der Waals surface area contributed by atoms with E-state index in [4.69, 9.17) is 9.26 Å². The van der Waals surface area contributed by atoms with Gasteiger partial charge in [0.25, 0.3) is 0 Å². The van der Waals surface area contributed by atoms with Crippen molar-refractivity contribution >= 4 is 0 Å². The summed E-state index contributed by atoms with van der Waals surface area (Å²) in [5.41, 5.74) is 0. The Kier molecular flexibility index (Phi) is 5.75. The fourth-order valence-corrected chi connectivity index (χ4v) is 2.27. The lowest BCUT2D eigenvalue weighted by molar-refractivity contribution is 0.0477. The zero-order chi connectivity index (χ0) is 13.5. The van der Waals surface area contributed by atoms with Crippen LogP contribution in [0.4, 0.5) is 0 Å². The predicted molar refractivity (Wildman–Crippen MR) is 71.7 cm³/mol. The van der Waals surface area contributed by atoms with Crippen LogP contribution in [0, 0.1) is 0 Å². The highest BCUT2D eigenvalue weighted by Gasteiger charge is 2.19. The Morgan fingerprint density at radius 2 is 2.16 bits per heavy atom. The molecule has 1 unspecified atom stereocenters. The van der Waals surface area contributed by atoms with Gasteiger partial charge in [0.15, 0.2) is 0 Å². The fourth-order valence-electron chi connectivity index (χ4n) is 2.27. The van der Waals surface area contributed by atoms with Gasteiger partial charge in [-0.05, 0) is 13.3 Å². The van der Waals surface area contributed by atoms with Gasteiger partial charge in [-0.3, -0.25) is 4.90 Å². The monoisotopic (exact) mass is 268 g/mol. The summed E-state index contributed by atoms with van der Waals surface area (Å²) in [5, 5.41) is 7.39. The van der Waals surface area contributed by atoms with E-state index in [-0.39, 0.29) is 6.10 Å². The molecule has 19 heavy (non-hydrogen) atoms. The third kappa shape index (κ3) is 4.26. The molecule has 0 saturated carbocycles. The molecule has 0 aromatic carbocycles. The molecule has 0 bridgehead atoms. The number of nitrogens with one attached hydrogen (secondary N) is 1. The van der Waals surface area contributed by atoms with E-state index >= 15 is 0 Å². The second-order valence-electron chi connectivity index (χ2n) is 4.81. The van der Waals surface area contributed by atoms with Crippen molar-refractivity contribution < 1.29 is 9.26 Å². The molecule has 0 amide bonds. The Balaban J connectivity index is 1.92. The van der Waals surface area contributed by atoms with Crippen molar-refractivity contribution in [3.8, 4) is 0 Å². The lowest BCUT2D eigenvalue weighted by atomic mass is 10.2. The van der Waals surface area contributed by atoms with E-state index in [0.717, 1.165) is 45.6 Å². The molecule has 0 radical (unpaired) electrons. The van der Waals surface area contributed by atoms with Crippen LogP contribution in [-0.2, 0) is 11.3 Å². The standard InChI is InChI=1S/C13H24N4O2/c1-3-5-11(18-4-2)13-15-12(19-16-13)10-17-8-6-14-7-9-17/h11,14H,3-10H2,1-2H3. The van der Waals surface area contributed by atoms with Crippen molar-refractivity contribution in [2.75, 3.05) is 32.8 Å². The topological polar surface area (TPSA) is 63.4 Å². The van der Waals surface area contributed by atoms with Gasteiger partial charge in [-0.1, -0.05) is 18.5 Å². The van der Waals surface area contributed by atoms with Crippen LogP contribution in [-0.4, -0.2) is 47.8 Å². The molecule has 0 aliphatic carbocycles. The molecule has 1 aromatic rings. The van der Waals surface area contributed by atoms with Crippen LogP contribution in [0.15, 0.2) is 4.52 Å². The number of nitrogens with zero attached hydrogens (tertiary/aromatic N) is 3. The van der Waals surface area contributed by atoms with Crippen molar-refractivity contribution in [3.63, 3.8) is 0 Å². The van der Waals surface area contributed by atoms with Crippen LogP contribution >= 0.6 is 0 Å². The Morgan fingerprint density at radius 1 is 1.37 bits per heavy atom. The number of piperazine rings is 1. The summed E-state index contributed by atoms with van der Waals surface area (Å²) in [7, 11) is 0. The molecule has 108 valence electrons. The molecular formula is C13H24N4O2. The van der Waals surface area contributed by atoms with E-state index in [1.165, 1.54) is 0 Å². The van der Waals surface area contributed by atoms with Crippen molar-refractivity contribution in [3.05, 3.63) is 11.7 Å². The zero-order valence-electron chi connectivity index (χ0n) is 11.9. The molecule has 1 aliphatic rings. The van der Waals surface area contributed by atoms with Crippen LogP contribution in [0.1, 0.15) is 44.5 Å². The molecule has 1 atom stereocenters. The highest BCUT2D eigenvalue weighted by atomic mass is 16.5. The van der Waals surface area contributed by atoms with E-state index in [2.05, 4.69) is 27.3 Å². The van der Waals surface area contributed by atoms with Gasteiger partial charge in [0.2, 0.25) is 11.7 Å². The summed E-state index contributed by atoms with van der Waals surface area (Å²) in [6, 6.07) is 0. The highest BCUT2D eigenvalue weighted by Crippen LogP contribution is 2.20. The smallest absolute Gasteiger partial charge is 0.240 e. The van der Waals surface area contributed by atoms with Gasteiger partial charge >= 0.3 is 0 Å². The maximum Gasteiger partial charge on any atom is 0.240 e. The molecule has 1 aliphatic heterocycles. The third-order valence-corrected chi connectivity index (χ3v) is 3.26. The van der Waals surface area contributed by atoms with E-state index in [9.17, 15) is 0 Å². The van der Waals surface area contributed by atoms with Gasteiger partial charge in [-0.25, -0.2) is 0 Å². The molecule has 0 spiro atoms. The highest BCUT2D eigenvalue weighted by molar-refractivity contribution is 4.92. The van der Waals surface area contributed by atoms with E-state index in [1.807, 2.05) is 6.92 Å². The molecule has 1 N–H and O–H groups in total. The summed E-state index contributed by atoms with van der Waals surface area (Å²) in [6.45, 7) is 9.64. The second-order valence-corrected chi connectivity index (χ2v) is 4.81. The van der Waals surface area contributed by atoms with Gasteiger partial charge in [0, 0.05) is 32.8 Å². The summed E-state index contributed by atoms with van der Waals surface area (Å²) in [6.07, 6.45) is 1.95. The molecule has 6 nitrogen and oxygen atoms in total. The Hall–Kier alpha value is -0.980. The maximum absolute atomic E-state index is 5.66. The Bertz CT molecular complexity index is 357. The summed E-state index contributed by atoms with van der Waals surface area (Å²) >= 11 is 0. The average molecular weight is 268 g/mol. The summed E-state index contributed by atoms with van der Waals surface area (Å²) in [4.78, 5) is 6.80. The van der Waals surface area contributed by atoms with Gasteiger partial charge in [-0.15, -0.1) is 0 Å². The number of hydrogen-bond donors (Lipinski definition) is 1. The first-order valence-electron chi connectivity index (χ1n) is 7.20. The van der Waals surface area contributed by atoms with Gasteiger partial charge in [0.05, 0.1) is 6.54 Å². The summed E-state index contributed by atoms with van der Waals surface area (Å²) < 4.78 is 11.0. The zero-order valence-corrected chi connectivity index (χ0v) is 11.9. The normalized spacial score (nSPS) is 18.6. The molecule has 1 saturated heterocycles. The minimum absolute atomic E-state index is 0.0319.